The van der Waals surface area contributed by atoms with Gasteiger partial charge in [-0.05, 0) is 38.5 Å². The summed E-state index contributed by atoms with van der Waals surface area (Å²) in [5.74, 6) is 0.833. The third-order valence-electron chi connectivity index (χ3n) is 2.71. The molecule has 0 saturated heterocycles. The van der Waals surface area contributed by atoms with Crippen molar-refractivity contribution >= 4 is 17.9 Å². The van der Waals surface area contributed by atoms with Crippen LogP contribution in [-0.2, 0) is 0 Å². The van der Waals surface area contributed by atoms with E-state index in [0.29, 0.717) is 4.51 Å². The van der Waals surface area contributed by atoms with Crippen molar-refractivity contribution in [2.24, 2.45) is 5.92 Å². The Kier molecular flexibility index (Phi) is 13.9. The minimum absolute atomic E-state index is 0.0244. The van der Waals surface area contributed by atoms with Crippen LogP contribution >= 0.6 is 12.2 Å². The molecule has 0 aliphatic heterocycles. The van der Waals surface area contributed by atoms with Crippen molar-refractivity contribution in [2.45, 2.75) is 48.0 Å². The molecule has 0 saturated carbocycles. The highest BCUT2D eigenvalue weighted by Crippen LogP contribution is 2.10. The van der Waals surface area contributed by atoms with Crippen molar-refractivity contribution in [1.82, 2.24) is 4.90 Å². The molecule has 3 nitrogen and oxygen atoms in total. The van der Waals surface area contributed by atoms with Crippen LogP contribution in [0.4, 0.5) is 5.69 Å². The molecular weight excluding hydrogens is 280 g/mol. The van der Waals surface area contributed by atoms with E-state index < -0.39 is 0 Å². The standard InChI is InChI=1S/C11H18N2OS.C4H10.C2H6/c1-4-12(2)6-5-7-13(3)9-8-10(15)11(9)14;1-4(2)3;1-2/h8H,4-7H2,1-3H3;4H,1-3H3;1-2H3. The van der Waals surface area contributed by atoms with Gasteiger partial charge in [0, 0.05) is 13.6 Å². The lowest BCUT2D eigenvalue weighted by atomic mass is 10.2. The van der Waals surface area contributed by atoms with E-state index in [4.69, 9.17) is 12.2 Å². The van der Waals surface area contributed by atoms with Gasteiger partial charge in [-0.1, -0.05) is 53.8 Å². The van der Waals surface area contributed by atoms with Crippen molar-refractivity contribution in [3.8, 4) is 0 Å². The van der Waals surface area contributed by atoms with Crippen molar-refractivity contribution in [3.05, 3.63) is 20.8 Å². The molecule has 0 unspecified atom stereocenters. The van der Waals surface area contributed by atoms with Crippen molar-refractivity contribution in [3.63, 3.8) is 0 Å². The highest BCUT2D eigenvalue weighted by Gasteiger charge is 2.10. The lowest BCUT2D eigenvalue weighted by molar-refractivity contribution is 0.349. The molecular formula is C17H34N2OS. The highest BCUT2D eigenvalue weighted by molar-refractivity contribution is 7.71. The van der Waals surface area contributed by atoms with Crippen LogP contribution < -0.4 is 10.3 Å². The molecule has 1 aromatic rings. The van der Waals surface area contributed by atoms with Crippen molar-refractivity contribution in [1.29, 1.82) is 0 Å². The first-order chi connectivity index (χ1) is 9.79. The Balaban J connectivity index is 0. The van der Waals surface area contributed by atoms with Gasteiger partial charge in [-0.15, -0.1) is 0 Å². The van der Waals surface area contributed by atoms with Gasteiger partial charge in [0.15, 0.2) is 0 Å². The zero-order valence-corrected chi connectivity index (χ0v) is 16.0. The van der Waals surface area contributed by atoms with Crippen LogP contribution in [0.5, 0.6) is 0 Å². The first-order valence-electron chi connectivity index (χ1n) is 7.99. The second kappa shape index (κ2) is 13.0. The molecule has 0 atom stereocenters. The Morgan fingerprint density at radius 3 is 1.95 bits per heavy atom. The van der Waals surface area contributed by atoms with E-state index in [0.717, 1.165) is 37.7 Å². The fraction of sp³-hybridized carbons (Fsp3) is 0.765. The number of hydrogen-bond acceptors (Lipinski definition) is 4. The SMILES string of the molecule is CC.CC(C)C.CCN(C)CCCN(C)c1cc(=S)c1=O. The van der Waals surface area contributed by atoms with Gasteiger partial charge < -0.3 is 9.80 Å². The van der Waals surface area contributed by atoms with Crippen LogP contribution in [0.3, 0.4) is 0 Å². The van der Waals surface area contributed by atoms with E-state index in [1.807, 2.05) is 25.8 Å². The Bertz CT molecular complexity index is 419. The summed E-state index contributed by atoms with van der Waals surface area (Å²) < 4.78 is 0.461. The normalized spacial score (nSPS) is 10.0. The van der Waals surface area contributed by atoms with Gasteiger partial charge in [0.25, 0.3) is 0 Å². The highest BCUT2D eigenvalue weighted by atomic mass is 32.1. The maximum atomic E-state index is 11.3. The van der Waals surface area contributed by atoms with E-state index in [-0.39, 0.29) is 5.43 Å². The van der Waals surface area contributed by atoms with Crippen LogP contribution in [-0.4, -0.2) is 38.6 Å². The molecule has 0 fully saturated rings. The maximum absolute atomic E-state index is 11.3. The average Bonchev–Trinajstić information content (AvgIpc) is 2.45. The first-order valence-corrected chi connectivity index (χ1v) is 8.40. The number of nitrogens with zero attached hydrogens (tertiary/aromatic N) is 2. The summed E-state index contributed by atoms with van der Waals surface area (Å²) in [4.78, 5) is 15.5. The van der Waals surface area contributed by atoms with Gasteiger partial charge in [0.2, 0.25) is 5.43 Å². The summed E-state index contributed by atoms with van der Waals surface area (Å²) >= 11 is 4.81. The van der Waals surface area contributed by atoms with Crippen LogP contribution in [0.2, 0.25) is 0 Å². The minimum atomic E-state index is 0.0244. The number of hydrogen-bond donors (Lipinski definition) is 0. The fourth-order valence-corrected chi connectivity index (χ4v) is 1.66. The summed E-state index contributed by atoms with van der Waals surface area (Å²) in [6.07, 6.45) is 1.07. The molecule has 0 bridgehead atoms. The lowest BCUT2D eigenvalue weighted by Crippen LogP contribution is -2.30. The average molecular weight is 315 g/mol. The molecule has 0 heterocycles. The van der Waals surface area contributed by atoms with Crippen LogP contribution in [0.15, 0.2) is 10.9 Å². The second-order valence-corrected chi connectivity index (χ2v) is 6.07. The summed E-state index contributed by atoms with van der Waals surface area (Å²) in [6.45, 7) is 15.7. The molecule has 124 valence electrons. The van der Waals surface area contributed by atoms with Gasteiger partial charge in [-0.25, -0.2) is 0 Å². The third-order valence-corrected chi connectivity index (χ3v) is 3.01. The first kappa shape index (κ1) is 22.5. The summed E-state index contributed by atoms with van der Waals surface area (Å²) in [7, 11) is 4.04. The summed E-state index contributed by atoms with van der Waals surface area (Å²) in [5.41, 5.74) is 0.787. The molecule has 0 amide bonds. The maximum Gasteiger partial charge on any atom is 0.219 e. The van der Waals surface area contributed by atoms with E-state index in [1.54, 1.807) is 6.07 Å². The molecule has 1 rings (SSSR count). The van der Waals surface area contributed by atoms with Gasteiger partial charge >= 0.3 is 0 Å². The van der Waals surface area contributed by atoms with Gasteiger partial charge in [0.05, 0.1) is 10.2 Å². The second-order valence-electron chi connectivity index (χ2n) is 5.63. The molecule has 4 heteroatoms. The Morgan fingerprint density at radius 1 is 1.14 bits per heavy atom. The van der Waals surface area contributed by atoms with Crippen LogP contribution in [0, 0.1) is 10.4 Å². The molecule has 0 aliphatic carbocycles. The number of anilines is 1. The zero-order valence-electron chi connectivity index (χ0n) is 15.2. The Labute approximate surface area is 136 Å². The van der Waals surface area contributed by atoms with Crippen molar-refractivity contribution < 1.29 is 0 Å². The molecule has 21 heavy (non-hydrogen) atoms. The Morgan fingerprint density at radius 2 is 1.62 bits per heavy atom. The number of rotatable bonds is 6. The predicted octanol–water partition coefficient (Wildman–Crippen LogP) is 4.12. The van der Waals surface area contributed by atoms with Crippen LogP contribution in [0.1, 0.15) is 48.0 Å². The molecule has 0 aromatic heterocycles. The van der Waals surface area contributed by atoms with Gasteiger partial charge in [-0.3, -0.25) is 4.79 Å². The third kappa shape index (κ3) is 10.6. The molecule has 1 aromatic carbocycles. The topological polar surface area (TPSA) is 23.6 Å². The van der Waals surface area contributed by atoms with Gasteiger partial charge in [-0.2, -0.15) is 0 Å². The van der Waals surface area contributed by atoms with Gasteiger partial charge in [0.1, 0.15) is 0 Å². The lowest BCUT2D eigenvalue weighted by Gasteiger charge is -2.21. The van der Waals surface area contributed by atoms with E-state index in [1.165, 1.54) is 0 Å². The molecule has 0 N–H and O–H groups in total. The largest absolute Gasteiger partial charge is 0.371 e. The molecule has 0 spiro atoms. The van der Waals surface area contributed by atoms with E-state index >= 15 is 0 Å². The molecule has 0 radical (unpaired) electrons. The summed E-state index contributed by atoms with van der Waals surface area (Å²) in [6, 6.07) is 1.78. The minimum Gasteiger partial charge on any atom is -0.371 e. The predicted molar refractivity (Wildman–Crippen MR) is 98.8 cm³/mol. The van der Waals surface area contributed by atoms with Crippen LogP contribution in [0.25, 0.3) is 0 Å². The Hall–Kier alpha value is -0.740. The van der Waals surface area contributed by atoms with E-state index in [9.17, 15) is 4.79 Å². The zero-order chi connectivity index (χ0) is 17.0. The fourth-order valence-electron chi connectivity index (χ4n) is 1.44. The summed E-state index contributed by atoms with van der Waals surface area (Å²) in [5, 5.41) is 0. The van der Waals surface area contributed by atoms with Crippen molar-refractivity contribution in [2.75, 3.05) is 38.6 Å². The van der Waals surface area contributed by atoms with E-state index in [2.05, 4.69) is 39.6 Å². The monoisotopic (exact) mass is 314 g/mol. The molecule has 0 aliphatic rings. The quantitative estimate of drug-likeness (QED) is 0.737. The smallest absolute Gasteiger partial charge is 0.219 e.